The summed E-state index contributed by atoms with van der Waals surface area (Å²) in [4.78, 5) is 37.5. The maximum absolute atomic E-state index is 12.6. The second kappa shape index (κ2) is 7.76. The van der Waals surface area contributed by atoms with E-state index in [2.05, 4.69) is 0 Å². The van der Waals surface area contributed by atoms with Crippen molar-refractivity contribution in [2.75, 3.05) is 25.6 Å². The Balaban J connectivity index is 2.26. The molecule has 0 aliphatic carbocycles. The lowest BCUT2D eigenvalue weighted by atomic mass is 10.0. The Morgan fingerprint density at radius 1 is 1.36 bits per heavy atom. The average Bonchev–Trinajstić information content (AvgIpc) is 2.50. The molecule has 2 aliphatic heterocycles. The molecule has 0 spiro atoms. The predicted octanol–water partition coefficient (Wildman–Crippen LogP) is 0.438. The van der Waals surface area contributed by atoms with Gasteiger partial charge in [-0.05, 0) is 20.8 Å². The highest BCUT2D eigenvalue weighted by atomic mass is 32.2. The van der Waals surface area contributed by atoms with Crippen LogP contribution in [-0.2, 0) is 28.6 Å². The Kier molecular flexibility index (Phi) is 6.12. The van der Waals surface area contributed by atoms with Gasteiger partial charge in [-0.3, -0.25) is 14.5 Å². The number of aliphatic hydroxyl groups excluding tert-OH is 1. The standard InChI is InChI=1S/C16H23NO7S/c1-9(19)23-7-10-8-25-14-12(22-6-5-18)13(20)17(14)11(10)15(21)24-16(2,3)4/h12,14,18H,5-8H2,1-4H3. The van der Waals surface area contributed by atoms with Crippen molar-refractivity contribution >= 4 is 29.6 Å². The van der Waals surface area contributed by atoms with Crippen molar-refractivity contribution in [3.8, 4) is 0 Å². The number of β-lactam (4-membered cyclic amide) rings is 1. The lowest BCUT2D eigenvalue weighted by Crippen LogP contribution is -2.66. The highest BCUT2D eigenvalue weighted by Gasteiger charge is 2.54. The van der Waals surface area contributed by atoms with Gasteiger partial charge in [0.15, 0.2) is 6.10 Å². The molecular formula is C16H23NO7S. The van der Waals surface area contributed by atoms with Crippen molar-refractivity contribution in [2.45, 2.75) is 44.8 Å². The molecule has 0 aromatic carbocycles. The Hall–Kier alpha value is -1.58. The van der Waals surface area contributed by atoms with E-state index in [0.29, 0.717) is 11.3 Å². The Morgan fingerprint density at radius 3 is 2.60 bits per heavy atom. The molecule has 0 bridgehead atoms. The maximum Gasteiger partial charge on any atom is 0.355 e. The third-order valence-corrected chi connectivity index (χ3v) is 4.74. The van der Waals surface area contributed by atoms with Crippen molar-refractivity contribution in [2.24, 2.45) is 0 Å². The first-order valence-corrected chi connectivity index (χ1v) is 8.96. The molecule has 1 saturated heterocycles. The van der Waals surface area contributed by atoms with Gasteiger partial charge in [-0.15, -0.1) is 11.8 Å². The first kappa shape index (κ1) is 19.7. The van der Waals surface area contributed by atoms with E-state index in [1.807, 2.05) is 0 Å². The van der Waals surface area contributed by atoms with Crippen LogP contribution in [-0.4, -0.2) is 70.5 Å². The highest BCUT2D eigenvalue weighted by molar-refractivity contribution is 8.00. The quantitative estimate of drug-likeness (QED) is 0.528. The predicted molar refractivity (Wildman–Crippen MR) is 89.4 cm³/mol. The number of thioether (sulfide) groups is 1. The fourth-order valence-electron chi connectivity index (χ4n) is 2.46. The van der Waals surface area contributed by atoms with Crippen molar-refractivity contribution < 1.29 is 33.7 Å². The summed E-state index contributed by atoms with van der Waals surface area (Å²) < 4.78 is 15.8. The molecule has 2 aliphatic rings. The first-order valence-electron chi connectivity index (χ1n) is 7.91. The second-order valence-electron chi connectivity index (χ2n) is 6.66. The van der Waals surface area contributed by atoms with Crippen LogP contribution in [0.1, 0.15) is 27.7 Å². The molecule has 1 fully saturated rings. The van der Waals surface area contributed by atoms with Gasteiger partial charge in [-0.2, -0.15) is 0 Å². The zero-order valence-electron chi connectivity index (χ0n) is 14.7. The summed E-state index contributed by atoms with van der Waals surface area (Å²) in [5, 5.41) is 8.50. The van der Waals surface area contributed by atoms with Gasteiger partial charge in [-0.1, -0.05) is 0 Å². The van der Waals surface area contributed by atoms with Gasteiger partial charge >= 0.3 is 11.9 Å². The SMILES string of the molecule is CC(=O)OCC1=C(C(=O)OC(C)(C)C)N2C(=O)C(OCCO)C2SC1. The van der Waals surface area contributed by atoms with Gasteiger partial charge in [0, 0.05) is 18.2 Å². The van der Waals surface area contributed by atoms with E-state index < -0.39 is 23.6 Å². The second-order valence-corrected chi connectivity index (χ2v) is 7.76. The van der Waals surface area contributed by atoms with E-state index in [9.17, 15) is 14.4 Å². The monoisotopic (exact) mass is 373 g/mol. The van der Waals surface area contributed by atoms with Gasteiger partial charge in [0.2, 0.25) is 0 Å². The number of nitrogens with zero attached hydrogens (tertiary/aromatic N) is 1. The molecule has 25 heavy (non-hydrogen) atoms. The lowest BCUT2D eigenvalue weighted by Gasteiger charge is -2.49. The summed E-state index contributed by atoms with van der Waals surface area (Å²) in [7, 11) is 0. The van der Waals surface area contributed by atoms with E-state index in [4.69, 9.17) is 19.3 Å². The molecule has 0 saturated carbocycles. The topological polar surface area (TPSA) is 102 Å². The number of aliphatic hydroxyl groups is 1. The van der Waals surface area contributed by atoms with E-state index in [1.54, 1.807) is 20.8 Å². The summed E-state index contributed by atoms with van der Waals surface area (Å²) in [5.74, 6) is -1.06. The molecule has 0 aromatic heterocycles. The van der Waals surface area contributed by atoms with E-state index in [1.165, 1.54) is 23.6 Å². The fraction of sp³-hybridized carbons (Fsp3) is 0.688. The zero-order chi connectivity index (χ0) is 18.8. The summed E-state index contributed by atoms with van der Waals surface area (Å²) in [6.45, 7) is 6.27. The number of hydrogen-bond donors (Lipinski definition) is 1. The Labute approximate surface area is 150 Å². The van der Waals surface area contributed by atoms with Crippen LogP contribution in [0.5, 0.6) is 0 Å². The van der Waals surface area contributed by atoms with Crippen LogP contribution in [0.3, 0.4) is 0 Å². The van der Waals surface area contributed by atoms with E-state index >= 15 is 0 Å². The third kappa shape index (κ3) is 4.53. The minimum Gasteiger partial charge on any atom is -0.461 e. The minimum atomic E-state index is -0.725. The molecule has 0 aromatic rings. The molecule has 2 rings (SSSR count). The number of esters is 2. The molecule has 0 radical (unpaired) electrons. The summed E-state index contributed by atoms with van der Waals surface area (Å²) in [6.07, 6.45) is -0.704. The van der Waals surface area contributed by atoms with Crippen molar-refractivity contribution in [1.29, 1.82) is 0 Å². The molecule has 140 valence electrons. The minimum absolute atomic E-state index is 0.0487. The fourth-order valence-corrected chi connectivity index (χ4v) is 3.78. The summed E-state index contributed by atoms with van der Waals surface area (Å²) in [5.41, 5.74) is -0.0781. The number of fused-ring (bicyclic) bond motifs is 1. The number of ether oxygens (including phenoxy) is 3. The van der Waals surface area contributed by atoms with Gasteiger partial charge in [0.05, 0.1) is 13.2 Å². The van der Waals surface area contributed by atoms with Crippen molar-refractivity contribution in [3.63, 3.8) is 0 Å². The largest absolute Gasteiger partial charge is 0.461 e. The normalized spacial score (nSPS) is 23.1. The van der Waals surface area contributed by atoms with Gasteiger partial charge in [0.1, 0.15) is 23.3 Å². The van der Waals surface area contributed by atoms with Crippen LogP contribution < -0.4 is 0 Å². The smallest absolute Gasteiger partial charge is 0.355 e. The molecular weight excluding hydrogens is 350 g/mol. The van der Waals surface area contributed by atoms with Gasteiger partial charge in [0.25, 0.3) is 5.91 Å². The van der Waals surface area contributed by atoms with Gasteiger partial charge < -0.3 is 19.3 Å². The highest BCUT2D eigenvalue weighted by Crippen LogP contribution is 2.42. The van der Waals surface area contributed by atoms with Crippen LogP contribution in [0, 0.1) is 0 Å². The van der Waals surface area contributed by atoms with Crippen LogP contribution in [0.15, 0.2) is 11.3 Å². The van der Waals surface area contributed by atoms with Crippen LogP contribution in [0.25, 0.3) is 0 Å². The maximum atomic E-state index is 12.6. The molecule has 9 heteroatoms. The molecule has 1 amide bonds. The molecule has 2 unspecified atom stereocenters. The number of hydrogen-bond acceptors (Lipinski definition) is 8. The molecule has 2 heterocycles. The number of carbonyl (C=O) groups is 3. The van der Waals surface area contributed by atoms with Crippen LogP contribution in [0.4, 0.5) is 0 Å². The molecule has 2 atom stereocenters. The average molecular weight is 373 g/mol. The number of carbonyl (C=O) groups excluding carboxylic acids is 3. The van der Waals surface area contributed by atoms with Crippen molar-refractivity contribution in [1.82, 2.24) is 4.90 Å². The third-order valence-electron chi connectivity index (χ3n) is 3.43. The van der Waals surface area contributed by atoms with Crippen LogP contribution >= 0.6 is 11.8 Å². The number of amides is 1. The lowest BCUT2D eigenvalue weighted by molar-refractivity contribution is -0.169. The molecule has 8 nitrogen and oxygen atoms in total. The first-order chi connectivity index (χ1) is 11.7. The van der Waals surface area contributed by atoms with E-state index in [-0.39, 0.29) is 36.8 Å². The molecule has 1 N–H and O–H groups in total. The van der Waals surface area contributed by atoms with Crippen molar-refractivity contribution in [3.05, 3.63) is 11.3 Å². The Bertz CT molecular complexity index is 596. The Morgan fingerprint density at radius 2 is 2.04 bits per heavy atom. The van der Waals surface area contributed by atoms with Crippen LogP contribution in [0.2, 0.25) is 0 Å². The zero-order valence-corrected chi connectivity index (χ0v) is 15.6. The summed E-state index contributed by atoms with van der Waals surface area (Å²) >= 11 is 1.42. The summed E-state index contributed by atoms with van der Waals surface area (Å²) in [6, 6.07) is 0. The van der Waals surface area contributed by atoms with E-state index in [0.717, 1.165) is 0 Å². The number of rotatable bonds is 6. The van der Waals surface area contributed by atoms with Gasteiger partial charge in [-0.25, -0.2) is 4.79 Å².